The summed E-state index contributed by atoms with van der Waals surface area (Å²) in [5.74, 6) is 0.413. The second-order valence-electron chi connectivity index (χ2n) is 8.41. The van der Waals surface area contributed by atoms with Crippen LogP contribution in [0.25, 0.3) is 5.69 Å². The minimum absolute atomic E-state index is 0.0958. The summed E-state index contributed by atoms with van der Waals surface area (Å²) in [6.45, 7) is 6.71. The maximum absolute atomic E-state index is 12.8. The van der Waals surface area contributed by atoms with Gasteiger partial charge in [0.2, 0.25) is 11.8 Å². The molecular weight excluding hydrogens is 376 g/mol. The van der Waals surface area contributed by atoms with E-state index in [1.807, 2.05) is 53.4 Å². The normalized spacial score (nSPS) is 19.0. The van der Waals surface area contributed by atoms with E-state index in [4.69, 9.17) is 0 Å². The molecule has 0 spiro atoms. The van der Waals surface area contributed by atoms with Crippen LogP contribution < -0.4 is 0 Å². The number of amides is 2. The van der Waals surface area contributed by atoms with Crippen molar-refractivity contribution < 1.29 is 9.59 Å². The fraction of sp³-hybridized carbons (Fsp3) is 0.500. The number of piperazine rings is 1. The molecular formula is C24H32N4O2. The summed E-state index contributed by atoms with van der Waals surface area (Å²) >= 11 is 0. The number of likely N-dealkylation sites (tertiary alicyclic amines) is 1. The van der Waals surface area contributed by atoms with Crippen LogP contribution in [0.4, 0.5) is 0 Å². The number of hydrogen-bond acceptors (Lipinski definition) is 3. The van der Waals surface area contributed by atoms with E-state index in [1.165, 1.54) is 6.42 Å². The van der Waals surface area contributed by atoms with E-state index in [0.717, 1.165) is 50.3 Å². The summed E-state index contributed by atoms with van der Waals surface area (Å²) in [5.41, 5.74) is 2.13. The molecule has 6 heteroatoms. The lowest BCUT2D eigenvalue weighted by Gasteiger charge is -2.39. The Kier molecular flexibility index (Phi) is 6.53. The van der Waals surface area contributed by atoms with Crippen molar-refractivity contribution in [3.63, 3.8) is 0 Å². The second-order valence-corrected chi connectivity index (χ2v) is 8.41. The van der Waals surface area contributed by atoms with Gasteiger partial charge in [-0.25, -0.2) is 0 Å². The van der Waals surface area contributed by atoms with Crippen LogP contribution in [0.2, 0.25) is 0 Å². The molecule has 2 fully saturated rings. The number of nitrogens with zero attached hydrogens (tertiary/aromatic N) is 4. The molecule has 0 aliphatic carbocycles. The van der Waals surface area contributed by atoms with Gasteiger partial charge < -0.3 is 14.4 Å². The molecule has 3 heterocycles. The molecule has 0 N–H and O–H groups in total. The molecule has 1 atom stereocenters. The number of carbonyl (C=O) groups is 2. The van der Waals surface area contributed by atoms with Crippen LogP contribution in [-0.4, -0.2) is 76.4 Å². The van der Waals surface area contributed by atoms with Gasteiger partial charge in [-0.3, -0.25) is 14.5 Å². The van der Waals surface area contributed by atoms with Gasteiger partial charge in [-0.1, -0.05) is 12.1 Å². The van der Waals surface area contributed by atoms with Crippen molar-refractivity contribution in [1.29, 1.82) is 0 Å². The number of carbonyl (C=O) groups excluding carboxylic acids is 2. The Balaban J connectivity index is 1.26. The van der Waals surface area contributed by atoms with E-state index >= 15 is 0 Å². The molecule has 0 bridgehead atoms. The zero-order valence-corrected chi connectivity index (χ0v) is 17.9. The Hall–Kier alpha value is -2.60. The summed E-state index contributed by atoms with van der Waals surface area (Å²) < 4.78 is 2.05. The minimum atomic E-state index is -0.0958. The van der Waals surface area contributed by atoms with Crippen LogP contribution in [0.1, 0.15) is 31.7 Å². The Bertz CT molecular complexity index is 833. The van der Waals surface area contributed by atoms with Crippen molar-refractivity contribution in [3.8, 4) is 5.69 Å². The number of piperidine rings is 1. The summed E-state index contributed by atoms with van der Waals surface area (Å²) in [7, 11) is 0. The summed E-state index contributed by atoms with van der Waals surface area (Å²) in [6, 6.07) is 12.1. The Morgan fingerprint density at radius 1 is 0.833 bits per heavy atom. The zero-order valence-electron chi connectivity index (χ0n) is 17.9. The number of rotatable bonds is 5. The first-order chi connectivity index (χ1) is 14.6. The fourth-order valence-corrected chi connectivity index (χ4v) is 4.47. The van der Waals surface area contributed by atoms with Gasteiger partial charge in [-0.15, -0.1) is 0 Å². The molecule has 160 valence electrons. The summed E-state index contributed by atoms with van der Waals surface area (Å²) in [5, 5.41) is 0. The van der Waals surface area contributed by atoms with Crippen molar-refractivity contribution in [1.82, 2.24) is 19.3 Å². The van der Waals surface area contributed by atoms with Crippen molar-refractivity contribution in [2.75, 3.05) is 39.3 Å². The standard InChI is InChI=1S/C24H32N4O2/c1-20(24(30)28-13-3-2-4-14-28)25-15-17-27(18-16-25)23(29)19-21-7-9-22(10-8-21)26-11-5-6-12-26/h5-12,20H,2-4,13-19H2,1H3. The first kappa shape index (κ1) is 20.7. The van der Waals surface area contributed by atoms with Gasteiger partial charge in [-0.2, -0.15) is 0 Å². The van der Waals surface area contributed by atoms with E-state index in [2.05, 4.69) is 21.6 Å². The maximum atomic E-state index is 12.8. The van der Waals surface area contributed by atoms with Crippen LogP contribution in [0.5, 0.6) is 0 Å². The third kappa shape index (κ3) is 4.75. The highest BCUT2D eigenvalue weighted by Gasteiger charge is 2.30. The van der Waals surface area contributed by atoms with Gasteiger partial charge in [0.15, 0.2) is 0 Å². The fourth-order valence-electron chi connectivity index (χ4n) is 4.47. The van der Waals surface area contributed by atoms with Crippen LogP contribution >= 0.6 is 0 Å². The Morgan fingerprint density at radius 2 is 1.47 bits per heavy atom. The predicted molar refractivity (Wildman–Crippen MR) is 118 cm³/mol. The topological polar surface area (TPSA) is 48.8 Å². The van der Waals surface area contributed by atoms with Crippen molar-refractivity contribution in [2.24, 2.45) is 0 Å². The van der Waals surface area contributed by atoms with Crippen LogP contribution in [0.15, 0.2) is 48.8 Å². The maximum Gasteiger partial charge on any atom is 0.239 e. The third-order valence-corrected chi connectivity index (χ3v) is 6.43. The highest BCUT2D eigenvalue weighted by molar-refractivity contribution is 5.82. The van der Waals surface area contributed by atoms with Gasteiger partial charge in [-0.05, 0) is 56.0 Å². The van der Waals surface area contributed by atoms with Crippen LogP contribution in [0, 0.1) is 0 Å². The molecule has 0 radical (unpaired) electrons. The van der Waals surface area contributed by atoms with Gasteiger partial charge in [0.25, 0.3) is 0 Å². The van der Waals surface area contributed by atoms with Crippen LogP contribution in [-0.2, 0) is 16.0 Å². The molecule has 2 saturated heterocycles. The van der Waals surface area contributed by atoms with Gasteiger partial charge in [0.05, 0.1) is 12.5 Å². The SMILES string of the molecule is CC(C(=O)N1CCCCC1)N1CCN(C(=O)Cc2ccc(-n3cccc3)cc2)CC1. The molecule has 2 aromatic rings. The second kappa shape index (κ2) is 9.47. The van der Waals surface area contributed by atoms with E-state index in [0.29, 0.717) is 19.5 Å². The van der Waals surface area contributed by atoms with E-state index in [9.17, 15) is 9.59 Å². The van der Waals surface area contributed by atoms with E-state index < -0.39 is 0 Å². The predicted octanol–water partition coefficient (Wildman–Crippen LogP) is 2.57. The van der Waals surface area contributed by atoms with Gasteiger partial charge in [0, 0.05) is 57.3 Å². The molecule has 6 nitrogen and oxygen atoms in total. The quantitative estimate of drug-likeness (QED) is 0.764. The lowest BCUT2D eigenvalue weighted by Crippen LogP contribution is -2.56. The summed E-state index contributed by atoms with van der Waals surface area (Å²) in [6.07, 6.45) is 7.91. The zero-order chi connectivity index (χ0) is 20.9. The van der Waals surface area contributed by atoms with Crippen molar-refractivity contribution in [2.45, 2.75) is 38.6 Å². The first-order valence-electron chi connectivity index (χ1n) is 11.1. The van der Waals surface area contributed by atoms with Gasteiger partial charge >= 0.3 is 0 Å². The molecule has 30 heavy (non-hydrogen) atoms. The molecule has 1 aromatic heterocycles. The third-order valence-electron chi connectivity index (χ3n) is 6.43. The molecule has 0 saturated carbocycles. The largest absolute Gasteiger partial charge is 0.341 e. The van der Waals surface area contributed by atoms with E-state index in [1.54, 1.807) is 0 Å². The Labute approximate surface area is 179 Å². The van der Waals surface area contributed by atoms with E-state index in [-0.39, 0.29) is 17.9 Å². The molecule has 2 amide bonds. The first-order valence-corrected chi connectivity index (χ1v) is 11.1. The number of aromatic nitrogens is 1. The summed E-state index contributed by atoms with van der Waals surface area (Å²) in [4.78, 5) is 31.7. The monoisotopic (exact) mass is 408 g/mol. The molecule has 4 rings (SSSR count). The average Bonchev–Trinajstić information content (AvgIpc) is 3.34. The van der Waals surface area contributed by atoms with Gasteiger partial charge in [0.1, 0.15) is 0 Å². The Morgan fingerprint density at radius 3 is 2.10 bits per heavy atom. The molecule has 2 aliphatic heterocycles. The molecule has 2 aliphatic rings. The van der Waals surface area contributed by atoms with Crippen LogP contribution in [0.3, 0.4) is 0 Å². The lowest BCUT2D eigenvalue weighted by atomic mass is 10.1. The van der Waals surface area contributed by atoms with Crippen molar-refractivity contribution >= 4 is 11.8 Å². The van der Waals surface area contributed by atoms with Crippen molar-refractivity contribution in [3.05, 3.63) is 54.4 Å². The molecule has 1 unspecified atom stereocenters. The number of hydrogen-bond donors (Lipinski definition) is 0. The smallest absolute Gasteiger partial charge is 0.239 e. The highest BCUT2D eigenvalue weighted by Crippen LogP contribution is 2.15. The highest BCUT2D eigenvalue weighted by atomic mass is 16.2. The molecule has 1 aromatic carbocycles. The number of benzene rings is 1. The average molecular weight is 409 g/mol. The minimum Gasteiger partial charge on any atom is -0.341 e. The lowest BCUT2D eigenvalue weighted by molar-refractivity contribution is -0.139.